The van der Waals surface area contributed by atoms with Gasteiger partial charge in [0.1, 0.15) is 0 Å². The molecule has 3 heteroatoms. The SMILES string of the molecule is Nc1cc2c(s1)CCCNC2. The van der Waals surface area contributed by atoms with Crippen molar-refractivity contribution in [3.8, 4) is 0 Å². The van der Waals surface area contributed by atoms with Crippen molar-refractivity contribution in [2.45, 2.75) is 19.4 Å². The molecule has 1 aliphatic heterocycles. The predicted molar refractivity (Wildman–Crippen MR) is 48.8 cm³/mol. The lowest BCUT2D eigenvalue weighted by Crippen LogP contribution is -2.11. The minimum Gasteiger partial charge on any atom is -0.391 e. The van der Waals surface area contributed by atoms with Gasteiger partial charge in [-0.1, -0.05) is 0 Å². The zero-order chi connectivity index (χ0) is 7.68. The quantitative estimate of drug-likeness (QED) is 0.614. The smallest absolute Gasteiger partial charge is 0.0862 e. The van der Waals surface area contributed by atoms with Gasteiger partial charge in [-0.3, -0.25) is 0 Å². The summed E-state index contributed by atoms with van der Waals surface area (Å²) in [7, 11) is 0. The molecule has 3 N–H and O–H groups in total. The molecular weight excluding hydrogens is 156 g/mol. The second-order valence-corrected chi connectivity index (χ2v) is 4.05. The molecule has 0 aliphatic carbocycles. The van der Waals surface area contributed by atoms with Crippen LogP contribution in [0.25, 0.3) is 0 Å². The number of thiophene rings is 1. The molecule has 11 heavy (non-hydrogen) atoms. The lowest BCUT2D eigenvalue weighted by atomic mass is 10.2. The predicted octanol–water partition coefficient (Wildman–Crippen LogP) is 1.37. The summed E-state index contributed by atoms with van der Waals surface area (Å²) in [5.74, 6) is 0. The van der Waals surface area contributed by atoms with Crippen molar-refractivity contribution in [1.29, 1.82) is 0 Å². The Kier molecular flexibility index (Phi) is 1.84. The van der Waals surface area contributed by atoms with Crippen molar-refractivity contribution in [2.24, 2.45) is 0 Å². The van der Waals surface area contributed by atoms with Crippen LogP contribution in [0.4, 0.5) is 5.00 Å². The standard InChI is InChI=1S/C8H12N2S/c9-8-4-6-5-10-3-1-2-7(6)11-8/h4,10H,1-3,5,9H2. The van der Waals surface area contributed by atoms with E-state index in [0.717, 1.165) is 18.1 Å². The van der Waals surface area contributed by atoms with Crippen molar-refractivity contribution < 1.29 is 0 Å². The molecule has 2 rings (SSSR count). The summed E-state index contributed by atoms with van der Waals surface area (Å²) in [6, 6.07) is 2.10. The van der Waals surface area contributed by atoms with E-state index in [1.54, 1.807) is 11.3 Å². The minimum atomic E-state index is 0.957. The van der Waals surface area contributed by atoms with Gasteiger partial charge >= 0.3 is 0 Å². The normalized spacial score (nSPS) is 17.5. The van der Waals surface area contributed by atoms with Gasteiger partial charge in [0, 0.05) is 11.4 Å². The van der Waals surface area contributed by atoms with Gasteiger partial charge in [0.25, 0.3) is 0 Å². The Morgan fingerprint density at radius 2 is 2.45 bits per heavy atom. The van der Waals surface area contributed by atoms with Crippen LogP contribution in [0, 0.1) is 0 Å². The third-order valence-corrected chi connectivity index (χ3v) is 3.05. The molecule has 0 fully saturated rings. The molecule has 60 valence electrons. The van der Waals surface area contributed by atoms with Gasteiger partial charge in [-0.05, 0) is 31.0 Å². The molecule has 2 nitrogen and oxygen atoms in total. The van der Waals surface area contributed by atoms with Crippen LogP contribution >= 0.6 is 11.3 Å². The Hall–Kier alpha value is -0.540. The van der Waals surface area contributed by atoms with Gasteiger partial charge < -0.3 is 11.1 Å². The third kappa shape index (κ3) is 1.39. The van der Waals surface area contributed by atoms with Crippen LogP contribution < -0.4 is 11.1 Å². The van der Waals surface area contributed by atoms with E-state index in [4.69, 9.17) is 5.73 Å². The van der Waals surface area contributed by atoms with E-state index < -0.39 is 0 Å². The molecule has 0 amide bonds. The van der Waals surface area contributed by atoms with Crippen molar-refractivity contribution in [3.63, 3.8) is 0 Å². The number of fused-ring (bicyclic) bond motifs is 1. The number of nitrogens with two attached hydrogens (primary N) is 1. The second kappa shape index (κ2) is 2.83. The minimum absolute atomic E-state index is 0.957. The van der Waals surface area contributed by atoms with Gasteiger partial charge in [-0.2, -0.15) is 0 Å². The first-order chi connectivity index (χ1) is 5.36. The van der Waals surface area contributed by atoms with Crippen LogP contribution in [0.3, 0.4) is 0 Å². The Morgan fingerprint density at radius 1 is 1.55 bits per heavy atom. The first-order valence-electron chi connectivity index (χ1n) is 3.94. The molecule has 0 spiro atoms. The summed E-state index contributed by atoms with van der Waals surface area (Å²) in [5.41, 5.74) is 7.11. The number of hydrogen-bond acceptors (Lipinski definition) is 3. The van der Waals surface area contributed by atoms with Crippen LogP contribution in [0.5, 0.6) is 0 Å². The van der Waals surface area contributed by atoms with Crippen LogP contribution in [-0.2, 0) is 13.0 Å². The number of aryl methyl sites for hydroxylation is 1. The summed E-state index contributed by atoms with van der Waals surface area (Å²) >= 11 is 1.74. The molecule has 0 saturated carbocycles. The van der Waals surface area contributed by atoms with Gasteiger partial charge in [0.2, 0.25) is 0 Å². The lowest BCUT2D eigenvalue weighted by molar-refractivity contribution is 0.681. The summed E-state index contributed by atoms with van der Waals surface area (Å²) < 4.78 is 0. The highest BCUT2D eigenvalue weighted by Crippen LogP contribution is 2.26. The monoisotopic (exact) mass is 168 g/mol. The van der Waals surface area contributed by atoms with Crippen LogP contribution in [0.2, 0.25) is 0 Å². The van der Waals surface area contributed by atoms with Crippen LogP contribution in [0.15, 0.2) is 6.07 Å². The molecule has 0 aromatic carbocycles. The first-order valence-corrected chi connectivity index (χ1v) is 4.75. The van der Waals surface area contributed by atoms with Crippen LogP contribution in [0.1, 0.15) is 16.9 Å². The molecular formula is C8H12N2S. The first kappa shape index (κ1) is 7.13. The number of anilines is 1. The average molecular weight is 168 g/mol. The van der Waals surface area contributed by atoms with Crippen molar-refractivity contribution >= 4 is 16.3 Å². The topological polar surface area (TPSA) is 38.0 Å². The van der Waals surface area contributed by atoms with E-state index in [2.05, 4.69) is 11.4 Å². The maximum Gasteiger partial charge on any atom is 0.0862 e. The van der Waals surface area contributed by atoms with E-state index in [1.807, 2.05) is 0 Å². The molecule has 0 atom stereocenters. The molecule has 0 unspecified atom stereocenters. The molecule has 2 heterocycles. The van der Waals surface area contributed by atoms with E-state index in [9.17, 15) is 0 Å². The highest BCUT2D eigenvalue weighted by molar-refractivity contribution is 7.16. The van der Waals surface area contributed by atoms with Crippen molar-refractivity contribution in [3.05, 3.63) is 16.5 Å². The highest BCUT2D eigenvalue weighted by atomic mass is 32.1. The average Bonchev–Trinajstić information content (AvgIpc) is 2.17. The highest BCUT2D eigenvalue weighted by Gasteiger charge is 2.09. The summed E-state index contributed by atoms with van der Waals surface area (Å²) in [6.07, 6.45) is 2.44. The molecule has 1 aromatic heterocycles. The number of nitrogen functional groups attached to an aromatic ring is 1. The number of hydrogen-bond donors (Lipinski definition) is 2. The van der Waals surface area contributed by atoms with Gasteiger partial charge in [0.05, 0.1) is 5.00 Å². The largest absolute Gasteiger partial charge is 0.391 e. The Labute approximate surface area is 70.4 Å². The van der Waals surface area contributed by atoms with E-state index >= 15 is 0 Å². The zero-order valence-corrected chi connectivity index (χ0v) is 7.21. The zero-order valence-electron chi connectivity index (χ0n) is 6.39. The van der Waals surface area contributed by atoms with Gasteiger partial charge in [-0.25, -0.2) is 0 Å². The molecule has 0 radical (unpaired) electrons. The van der Waals surface area contributed by atoms with Gasteiger partial charge in [-0.15, -0.1) is 11.3 Å². The second-order valence-electron chi connectivity index (χ2n) is 2.88. The molecule has 0 bridgehead atoms. The number of rotatable bonds is 0. The van der Waals surface area contributed by atoms with E-state index in [1.165, 1.54) is 23.3 Å². The Bertz CT molecular complexity index is 231. The third-order valence-electron chi connectivity index (χ3n) is 1.99. The molecule has 1 aromatic rings. The lowest BCUT2D eigenvalue weighted by Gasteiger charge is -1.95. The maximum atomic E-state index is 5.70. The maximum absolute atomic E-state index is 5.70. The van der Waals surface area contributed by atoms with Gasteiger partial charge in [0.15, 0.2) is 0 Å². The Balaban J connectivity index is 2.32. The van der Waals surface area contributed by atoms with E-state index in [-0.39, 0.29) is 0 Å². The Morgan fingerprint density at radius 3 is 3.36 bits per heavy atom. The summed E-state index contributed by atoms with van der Waals surface area (Å²) in [5, 5.41) is 4.32. The fourth-order valence-electron chi connectivity index (χ4n) is 1.45. The molecule has 1 aliphatic rings. The van der Waals surface area contributed by atoms with Crippen molar-refractivity contribution in [2.75, 3.05) is 12.3 Å². The number of nitrogens with one attached hydrogen (secondary N) is 1. The summed E-state index contributed by atoms with van der Waals surface area (Å²) in [6.45, 7) is 2.14. The van der Waals surface area contributed by atoms with Crippen molar-refractivity contribution in [1.82, 2.24) is 5.32 Å². The fourth-order valence-corrected chi connectivity index (χ4v) is 2.44. The fraction of sp³-hybridized carbons (Fsp3) is 0.500. The summed E-state index contributed by atoms with van der Waals surface area (Å²) in [4.78, 5) is 1.48. The van der Waals surface area contributed by atoms with Crippen LogP contribution in [-0.4, -0.2) is 6.54 Å². The van der Waals surface area contributed by atoms with E-state index in [0.29, 0.717) is 0 Å². The molecule has 0 saturated heterocycles.